The third-order valence-corrected chi connectivity index (χ3v) is 6.24. The zero-order valence-corrected chi connectivity index (χ0v) is 12.2. The molecule has 0 unspecified atom stereocenters. The SMILES string of the molecule is C=CCN1C(=NC(=O)COC)S[C@H]2CS(=O)(=O)C[C@@H]21. The Morgan fingerprint density at radius 3 is 3.00 bits per heavy atom. The van der Waals surface area contributed by atoms with E-state index in [1.54, 1.807) is 6.08 Å². The number of hydrogen-bond acceptors (Lipinski definition) is 5. The predicted octanol–water partition coefficient (Wildman–Crippen LogP) is -0.0842. The van der Waals surface area contributed by atoms with Crippen molar-refractivity contribution in [3.63, 3.8) is 0 Å². The van der Waals surface area contributed by atoms with E-state index in [1.165, 1.54) is 18.9 Å². The molecule has 19 heavy (non-hydrogen) atoms. The lowest BCUT2D eigenvalue weighted by atomic mass is 10.2. The van der Waals surface area contributed by atoms with E-state index in [-0.39, 0.29) is 35.3 Å². The highest BCUT2D eigenvalue weighted by Crippen LogP contribution is 2.37. The Kier molecular flexibility index (Phi) is 4.32. The molecule has 0 aliphatic carbocycles. The number of methoxy groups -OCH3 is 1. The van der Waals surface area contributed by atoms with Crippen molar-refractivity contribution in [1.82, 2.24) is 4.90 Å². The third kappa shape index (κ3) is 3.18. The van der Waals surface area contributed by atoms with Crippen LogP contribution in [0.15, 0.2) is 17.6 Å². The minimum Gasteiger partial charge on any atom is -0.375 e. The maximum atomic E-state index is 11.6. The fourth-order valence-corrected chi connectivity index (χ4v) is 6.23. The lowest BCUT2D eigenvalue weighted by Crippen LogP contribution is -2.37. The standard InChI is InChI=1S/C11H16N2O4S2/c1-3-4-13-8-6-19(15,16)7-9(8)18-11(13)12-10(14)5-17-2/h3,8-9H,1,4-7H2,2H3/t8-,9-/m0/s1. The summed E-state index contributed by atoms with van der Waals surface area (Å²) in [5.74, 6) is -0.0920. The van der Waals surface area contributed by atoms with E-state index in [2.05, 4.69) is 11.6 Å². The van der Waals surface area contributed by atoms with Crippen molar-refractivity contribution in [3.8, 4) is 0 Å². The van der Waals surface area contributed by atoms with E-state index < -0.39 is 9.84 Å². The molecule has 0 spiro atoms. The first kappa shape index (κ1) is 14.5. The second-order valence-corrected chi connectivity index (χ2v) is 7.82. The van der Waals surface area contributed by atoms with E-state index >= 15 is 0 Å². The first-order chi connectivity index (χ1) is 8.96. The molecule has 2 aliphatic rings. The molecule has 0 bridgehead atoms. The highest BCUT2D eigenvalue weighted by molar-refractivity contribution is 8.15. The lowest BCUT2D eigenvalue weighted by molar-refractivity contribution is -0.121. The Morgan fingerprint density at radius 1 is 1.63 bits per heavy atom. The van der Waals surface area contributed by atoms with Gasteiger partial charge in [0.15, 0.2) is 15.0 Å². The van der Waals surface area contributed by atoms with Crippen LogP contribution < -0.4 is 0 Å². The largest absolute Gasteiger partial charge is 0.375 e. The van der Waals surface area contributed by atoms with Crippen LogP contribution in [0.3, 0.4) is 0 Å². The number of hydrogen-bond donors (Lipinski definition) is 0. The number of carbonyl (C=O) groups excluding carboxylic acids is 1. The van der Waals surface area contributed by atoms with Crippen molar-refractivity contribution in [2.45, 2.75) is 11.3 Å². The van der Waals surface area contributed by atoms with Crippen molar-refractivity contribution in [2.75, 3.05) is 31.8 Å². The molecule has 1 amide bonds. The van der Waals surface area contributed by atoms with E-state index in [9.17, 15) is 13.2 Å². The van der Waals surface area contributed by atoms with Gasteiger partial charge < -0.3 is 9.64 Å². The summed E-state index contributed by atoms with van der Waals surface area (Å²) in [7, 11) is -1.55. The molecule has 106 valence electrons. The minimum absolute atomic E-state index is 0.0426. The van der Waals surface area contributed by atoms with Crippen LogP contribution in [0.2, 0.25) is 0 Å². The molecular weight excluding hydrogens is 288 g/mol. The fourth-order valence-electron chi connectivity index (χ4n) is 2.25. The topological polar surface area (TPSA) is 76.0 Å². The molecule has 8 heteroatoms. The average molecular weight is 304 g/mol. The van der Waals surface area contributed by atoms with Gasteiger partial charge >= 0.3 is 0 Å². The van der Waals surface area contributed by atoms with E-state index in [4.69, 9.17) is 4.74 Å². The van der Waals surface area contributed by atoms with Crippen molar-refractivity contribution < 1.29 is 17.9 Å². The molecule has 6 nitrogen and oxygen atoms in total. The van der Waals surface area contributed by atoms with Gasteiger partial charge in [-0.05, 0) is 0 Å². The summed E-state index contributed by atoms with van der Waals surface area (Å²) in [5.41, 5.74) is 0. The number of aliphatic imine (C=N–C) groups is 1. The fraction of sp³-hybridized carbons (Fsp3) is 0.636. The Balaban J connectivity index is 2.19. The monoisotopic (exact) mass is 304 g/mol. The summed E-state index contributed by atoms with van der Waals surface area (Å²) in [4.78, 5) is 17.3. The van der Waals surface area contributed by atoms with Crippen LogP contribution in [0.25, 0.3) is 0 Å². The molecule has 0 aromatic heterocycles. The van der Waals surface area contributed by atoms with Gasteiger partial charge in [0.05, 0.1) is 17.5 Å². The van der Waals surface area contributed by atoms with E-state index in [0.717, 1.165) is 0 Å². The summed E-state index contributed by atoms with van der Waals surface area (Å²) in [6.45, 7) is 4.08. The van der Waals surface area contributed by atoms with E-state index in [1.807, 2.05) is 4.90 Å². The highest BCUT2D eigenvalue weighted by atomic mass is 32.2. The van der Waals surface area contributed by atoms with E-state index in [0.29, 0.717) is 11.7 Å². The van der Waals surface area contributed by atoms with Gasteiger partial charge in [-0.2, -0.15) is 4.99 Å². The molecule has 0 aromatic rings. The number of fused-ring (bicyclic) bond motifs is 1. The predicted molar refractivity (Wildman–Crippen MR) is 75.0 cm³/mol. The zero-order chi connectivity index (χ0) is 14.0. The molecule has 0 aromatic carbocycles. The van der Waals surface area contributed by atoms with Gasteiger partial charge in [-0.1, -0.05) is 17.8 Å². The molecular formula is C11H16N2O4S2. The maximum Gasteiger partial charge on any atom is 0.274 e. The van der Waals surface area contributed by atoms with Gasteiger partial charge in [0.1, 0.15) is 6.61 Å². The Labute approximate surface area is 116 Å². The third-order valence-electron chi connectivity index (χ3n) is 2.99. The number of rotatable bonds is 4. The number of sulfone groups is 1. The van der Waals surface area contributed by atoms with Gasteiger partial charge in [0.2, 0.25) is 0 Å². The molecule has 0 N–H and O–H groups in total. The van der Waals surface area contributed by atoms with Crippen molar-refractivity contribution in [2.24, 2.45) is 4.99 Å². The molecule has 2 saturated heterocycles. The first-order valence-corrected chi connectivity index (χ1v) is 8.52. The quantitative estimate of drug-likeness (QED) is 0.676. The lowest BCUT2D eigenvalue weighted by Gasteiger charge is -2.22. The summed E-state index contributed by atoms with van der Waals surface area (Å²) >= 11 is 1.36. The van der Waals surface area contributed by atoms with Gasteiger partial charge in [-0.3, -0.25) is 4.79 Å². The number of amidine groups is 1. The molecule has 0 saturated carbocycles. The van der Waals surface area contributed by atoms with Crippen LogP contribution in [0, 0.1) is 0 Å². The molecule has 2 aliphatic heterocycles. The summed E-state index contributed by atoms with van der Waals surface area (Å²) < 4.78 is 28.0. The average Bonchev–Trinajstić information content (AvgIpc) is 2.74. The summed E-state index contributed by atoms with van der Waals surface area (Å²) in [5, 5.41) is 0.533. The van der Waals surface area contributed by atoms with Crippen LogP contribution in [0.5, 0.6) is 0 Å². The number of carbonyl (C=O) groups is 1. The van der Waals surface area contributed by atoms with Crippen LogP contribution in [-0.4, -0.2) is 67.5 Å². The Hall–Kier alpha value is -0.860. The number of nitrogens with zero attached hydrogens (tertiary/aromatic N) is 2. The second-order valence-electron chi connectivity index (χ2n) is 4.46. The molecule has 2 heterocycles. The van der Waals surface area contributed by atoms with Gasteiger partial charge in [-0.25, -0.2) is 8.42 Å². The maximum absolute atomic E-state index is 11.6. The normalized spacial score (nSPS) is 30.6. The number of ether oxygens (including phenoxy) is 1. The van der Waals surface area contributed by atoms with Gasteiger partial charge in [-0.15, -0.1) is 6.58 Å². The molecule has 2 rings (SSSR count). The Bertz CT molecular complexity index is 515. The molecule has 0 radical (unpaired) electrons. The van der Waals surface area contributed by atoms with Crippen LogP contribution in [0.1, 0.15) is 0 Å². The smallest absolute Gasteiger partial charge is 0.274 e. The highest BCUT2D eigenvalue weighted by Gasteiger charge is 2.48. The van der Waals surface area contributed by atoms with Gasteiger partial charge in [0.25, 0.3) is 5.91 Å². The summed E-state index contributed by atoms with van der Waals surface area (Å²) in [6.07, 6.45) is 1.68. The second kappa shape index (κ2) is 5.64. The van der Waals surface area contributed by atoms with Crippen molar-refractivity contribution in [1.29, 1.82) is 0 Å². The van der Waals surface area contributed by atoms with Crippen LogP contribution >= 0.6 is 11.8 Å². The first-order valence-electron chi connectivity index (χ1n) is 5.82. The van der Waals surface area contributed by atoms with Crippen molar-refractivity contribution in [3.05, 3.63) is 12.7 Å². The minimum atomic E-state index is -2.98. The van der Waals surface area contributed by atoms with Crippen LogP contribution in [0.4, 0.5) is 0 Å². The van der Waals surface area contributed by atoms with Gasteiger partial charge in [0, 0.05) is 18.9 Å². The van der Waals surface area contributed by atoms with Crippen LogP contribution in [-0.2, 0) is 19.4 Å². The zero-order valence-electron chi connectivity index (χ0n) is 10.6. The number of amides is 1. The molecule has 2 fully saturated rings. The van der Waals surface area contributed by atoms with Crippen molar-refractivity contribution >= 4 is 32.7 Å². The number of thioether (sulfide) groups is 1. The summed E-state index contributed by atoms with van der Waals surface area (Å²) in [6, 6.07) is -0.109. The Morgan fingerprint density at radius 2 is 2.37 bits per heavy atom. The molecule has 2 atom stereocenters.